The SMILES string of the molecule is CC#CC(Br)C#CC. The first-order valence-corrected chi connectivity index (χ1v) is 3.21. The number of halogens is 1. The van der Waals surface area contributed by atoms with Gasteiger partial charge < -0.3 is 0 Å². The predicted octanol–water partition coefficient (Wildman–Crippen LogP) is 1.80. The van der Waals surface area contributed by atoms with Crippen LogP contribution in [-0.4, -0.2) is 4.83 Å². The van der Waals surface area contributed by atoms with Gasteiger partial charge in [-0.1, -0.05) is 27.8 Å². The largest absolute Gasteiger partial charge is 0.136 e. The highest BCUT2D eigenvalue weighted by atomic mass is 79.9. The maximum Gasteiger partial charge on any atom is 0.136 e. The second kappa shape index (κ2) is 4.75. The summed E-state index contributed by atoms with van der Waals surface area (Å²) in [6, 6.07) is 0. The molecule has 0 spiro atoms. The molecule has 0 aromatic carbocycles. The van der Waals surface area contributed by atoms with Crippen molar-refractivity contribution in [2.75, 3.05) is 0 Å². The molecule has 0 fully saturated rings. The van der Waals surface area contributed by atoms with Crippen molar-refractivity contribution >= 4 is 15.9 Å². The smallest absolute Gasteiger partial charge is 0.105 e. The Kier molecular flexibility index (Phi) is 4.51. The van der Waals surface area contributed by atoms with Gasteiger partial charge in [-0.05, 0) is 13.8 Å². The Morgan fingerprint density at radius 3 is 1.75 bits per heavy atom. The second-order valence-electron chi connectivity index (χ2n) is 1.15. The first-order chi connectivity index (χ1) is 3.81. The van der Waals surface area contributed by atoms with Gasteiger partial charge in [0.05, 0.1) is 0 Å². The summed E-state index contributed by atoms with van der Waals surface area (Å²) in [5.74, 6) is 11.2. The molecule has 0 saturated heterocycles. The Balaban J connectivity index is 3.71. The van der Waals surface area contributed by atoms with Crippen LogP contribution in [0.2, 0.25) is 0 Å². The summed E-state index contributed by atoms with van der Waals surface area (Å²) in [7, 11) is 0. The summed E-state index contributed by atoms with van der Waals surface area (Å²) in [6.45, 7) is 3.59. The fraction of sp³-hybridized carbons (Fsp3) is 0.429. The average molecular weight is 171 g/mol. The minimum absolute atomic E-state index is 0.0532. The van der Waals surface area contributed by atoms with E-state index in [1.165, 1.54) is 0 Å². The Bertz CT molecular complexity index is 140. The van der Waals surface area contributed by atoms with E-state index in [0.29, 0.717) is 0 Å². The molecule has 0 aromatic heterocycles. The van der Waals surface area contributed by atoms with Crippen molar-refractivity contribution in [3.63, 3.8) is 0 Å². The van der Waals surface area contributed by atoms with Gasteiger partial charge in [-0.15, -0.1) is 11.8 Å². The molecule has 0 aliphatic rings. The average Bonchev–Trinajstić information content (AvgIpc) is 1.68. The van der Waals surface area contributed by atoms with E-state index in [1.807, 2.05) is 0 Å². The van der Waals surface area contributed by atoms with Gasteiger partial charge in [-0.2, -0.15) is 0 Å². The molecule has 0 amide bonds. The summed E-state index contributed by atoms with van der Waals surface area (Å²) >= 11 is 3.25. The zero-order valence-corrected chi connectivity index (χ0v) is 6.54. The summed E-state index contributed by atoms with van der Waals surface area (Å²) in [5.41, 5.74) is 0. The molecule has 1 heteroatoms. The lowest BCUT2D eigenvalue weighted by Gasteiger charge is -1.81. The van der Waals surface area contributed by atoms with Crippen LogP contribution in [0, 0.1) is 23.7 Å². The third-order valence-corrected chi connectivity index (χ3v) is 1.000. The molecule has 0 unspecified atom stereocenters. The molecule has 0 radical (unpaired) electrons. The molecule has 0 aromatic rings. The zero-order chi connectivity index (χ0) is 6.41. The molecule has 0 aliphatic carbocycles. The van der Waals surface area contributed by atoms with E-state index in [-0.39, 0.29) is 4.83 Å². The fourth-order valence-corrected chi connectivity index (χ4v) is 0.747. The van der Waals surface area contributed by atoms with Crippen molar-refractivity contribution in [1.82, 2.24) is 0 Å². The van der Waals surface area contributed by atoms with Crippen molar-refractivity contribution in [1.29, 1.82) is 0 Å². The van der Waals surface area contributed by atoms with E-state index >= 15 is 0 Å². The van der Waals surface area contributed by atoms with Crippen LogP contribution >= 0.6 is 15.9 Å². The molecule has 0 bridgehead atoms. The molecule has 0 heterocycles. The van der Waals surface area contributed by atoms with Crippen LogP contribution in [0.1, 0.15) is 13.8 Å². The third-order valence-electron chi connectivity index (χ3n) is 0.542. The van der Waals surface area contributed by atoms with Crippen LogP contribution in [0.4, 0.5) is 0 Å². The highest BCUT2D eigenvalue weighted by Crippen LogP contribution is 1.92. The maximum atomic E-state index is 3.25. The highest BCUT2D eigenvalue weighted by molar-refractivity contribution is 9.09. The number of rotatable bonds is 0. The minimum atomic E-state index is 0.0532. The standard InChI is InChI=1S/C7H7Br/c1-3-5-7(8)6-4-2/h7H,1-2H3. The highest BCUT2D eigenvalue weighted by Gasteiger charge is 1.85. The molecule has 0 atom stereocenters. The Morgan fingerprint density at radius 2 is 1.50 bits per heavy atom. The van der Waals surface area contributed by atoms with E-state index in [2.05, 4.69) is 39.6 Å². The predicted molar refractivity (Wildman–Crippen MR) is 39.6 cm³/mol. The van der Waals surface area contributed by atoms with Gasteiger partial charge in [0.2, 0.25) is 0 Å². The molecule has 0 saturated carbocycles. The fourth-order valence-electron chi connectivity index (χ4n) is 0.290. The monoisotopic (exact) mass is 170 g/mol. The van der Waals surface area contributed by atoms with Gasteiger partial charge in [-0.3, -0.25) is 0 Å². The van der Waals surface area contributed by atoms with E-state index in [0.717, 1.165) is 0 Å². The first kappa shape index (κ1) is 7.60. The van der Waals surface area contributed by atoms with E-state index < -0.39 is 0 Å². The lowest BCUT2D eigenvalue weighted by Crippen LogP contribution is -1.84. The quantitative estimate of drug-likeness (QED) is 0.385. The third kappa shape index (κ3) is 3.78. The molecular formula is C7H7Br. The molecule has 0 N–H and O–H groups in total. The first-order valence-electron chi connectivity index (χ1n) is 2.30. The van der Waals surface area contributed by atoms with Crippen LogP contribution in [0.25, 0.3) is 0 Å². The second-order valence-corrected chi connectivity index (χ2v) is 2.07. The summed E-state index contributed by atoms with van der Waals surface area (Å²) < 4.78 is 0. The van der Waals surface area contributed by atoms with Crippen molar-refractivity contribution in [3.8, 4) is 23.7 Å². The molecule has 42 valence electrons. The van der Waals surface area contributed by atoms with Crippen LogP contribution in [0.3, 0.4) is 0 Å². The normalized spacial score (nSPS) is 6.50. The summed E-state index contributed by atoms with van der Waals surface area (Å²) in [5, 5.41) is 0. The van der Waals surface area contributed by atoms with Gasteiger partial charge in [0.15, 0.2) is 0 Å². The van der Waals surface area contributed by atoms with Crippen LogP contribution in [0.15, 0.2) is 0 Å². The Labute approximate surface area is 58.8 Å². The van der Waals surface area contributed by atoms with Crippen molar-refractivity contribution in [3.05, 3.63) is 0 Å². The lowest BCUT2D eigenvalue weighted by molar-refractivity contribution is 1.60. The molecule has 8 heavy (non-hydrogen) atoms. The van der Waals surface area contributed by atoms with Crippen molar-refractivity contribution in [2.24, 2.45) is 0 Å². The van der Waals surface area contributed by atoms with Gasteiger partial charge in [-0.25, -0.2) is 0 Å². The Hall–Kier alpha value is -0.400. The van der Waals surface area contributed by atoms with Gasteiger partial charge in [0.1, 0.15) is 4.83 Å². The topological polar surface area (TPSA) is 0 Å². The van der Waals surface area contributed by atoms with Crippen LogP contribution in [0.5, 0.6) is 0 Å². The molecule has 0 rings (SSSR count). The van der Waals surface area contributed by atoms with Gasteiger partial charge in [0, 0.05) is 0 Å². The minimum Gasteiger partial charge on any atom is -0.105 e. The number of alkyl halides is 1. The van der Waals surface area contributed by atoms with Crippen LogP contribution in [-0.2, 0) is 0 Å². The van der Waals surface area contributed by atoms with Crippen molar-refractivity contribution < 1.29 is 0 Å². The summed E-state index contributed by atoms with van der Waals surface area (Å²) in [4.78, 5) is 0.0532. The van der Waals surface area contributed by atoms with E-state index in [9.17, 15) is 0 Å². The van der Waals surface area contributed by atoms with E-state index in [4.69, 9.17) is 0 Å². The van der Waals surface area contributed by atoms with E-state index in [1.54, 1.807) is 13.8 Å². The molecular weight excluding hydrogens is 164 g/mol. The number of hydrogen-bond donors (Lipinski definition) is 0. The van der Waals surface area contributed by atoms with Gasteiger partial charge in [0.25, 0.3) is 0 Å². The van der Waals surface area contributed by atoms with Gasteiger partial charge >= 0.3 is 0 Å². The van der Waals surface area contributed by atoms with Crippen LogP contribution < -0.4 is 0 Å². The molecule has 0 aliphatic heterocycles. The Morgan fingerprint density at radius 1 is 1.12 bits per heavy atom. The lowest BCUT2D eigenvalue weighted by atomic mass is 10.4. The summed E-state index contributed by atoms with van der Waals surface area (Å²) in [6.07, 6.45) is 0. The maximum absolute atomic E-state index is 3.25. The van der Waals surface area contributed by atoms with Crippen molar-refractivity contribution in [2.45, 2.75) is 18.7 Å². The molecule has 0 nitrogen and oxygen atoms in total. The number of hydrogen-bond acceptors (Lipinski definition) is 0. The zero-order valence-electron chi connectivity index (χ0n) is 4.96.